The fraction of sp³-hybridized carbons (Fsp3) is 0.200. The summed E-state index contributed by atoms with van der Waals surface area (Å²) in [5.74, 6) is -0.461. The summed E-state index contributed by atoms with van der Waals surface area (Å²) in [5, 5.41) is 10.4. The summed E-state index contributed by atoms with van der Waals surface area (Å²) < 4.78 is 14.3. The fourth-order valence-corrected chi connectivity index (χ4v) is 2.58. The van der Waals surface area contributed by atoms with Gasteiger partial charge in [-0.05, 0) is 41.8 Å². The van der Waals surface area contributed by atoms with Crippen LogP contribution in [0.2, 0.25) is 5.02 Å². The lowest BCUT2D eigenvalue weighted by Gasteiger charge is -2.15. The van der Waals surface area contributed by atoms with Gasteiger partial charge in [-0.15, -0.1) is 0 Å². The highest BCUT2D eigenvalue weighted by molar-refractivity contribution is 9.10. The predicted octanol–water partition coefficient (Wildman–Crippen LogP) is 4.83. The highest BCUT2D eigenvalue weighted by Crippen LogP contribution is 2.28. The minimum absolute atomic E-state index is 0.0780. The van der Waals surface area contributed by atoms with Gasteiger partial charge in [0.05, 0.1) is 11.1 Å². The molecule has 4 heteroatoms. The Kier molecular flexibility index (Phi) is 4.61. The maximum absolute atomic E-state index is 13.4. The van der Waals surface area contributed by atoms with Crippen LogP contribution in [0.4, 0.5) is 4.39 Å². The zero-order chi connectivity index (χ0) is 14.0. The van der Waals surface area contributed by atoms with E-state index in [1.54, 1.807) is 12.1 Å². The predicted molar refractivity (Wildman–Crippen MR) is 79.0 cm³/mol. The van der Waals surface area contributed by atoms with Gasteiger partial charge in [0.1, 0.15) is 5.82 Å². The topological polar surface area (TPSA) is 20.2 Å². The second-order valence-corrected chi connectivity index (χ2v) is 5.73. The maximum atomic E-state index is 13.4. The van der Waals surface area contributed by atoms with Crippen LogP contribution < -0.4 is 0 Å². The molecule has 1 nitrogen and oxygen atoms in total. The highest BCUT2D eigenvalue weighted by atomic mass is 79.9. The normalized spacial score (nSPS) is 12.5. The summed E-state index contributed by atoms with van der Waals surface area (Å²) in [7, 11) is 0. The van der Waals surface area contributed by atoms with Crippen molar-refractivity contribution in [1.29, 1.82) is 0 Å². The summed E-state index contributed by atoms with van der Waals surface area (Å²) in [6.45, 7) is 1.93. The lowest BCUT2D eigenvalue weighted by molar-refractivity contribution is 0.177. The van der Waals surface area contributed by atoms with Crippen molar-refractivity contribution in [2.75, 3.05) is 0 Å². The van der Waals surface area contributed by atoms with Gasteiger partial charge < -0.3 is 5.11 Å². The number of rotatable bonds is 3. The molecule has 100 valence electrons. The Morgan fingerprint density at radius 3 is 2.79 bits per heavy atom. The molecule has 0 radical (unpaired) electrons. The largest absolute Gasteiger partial charge is 0.388 e. The van der Waals surface area contributed by atoms with Crippen LogP contribution in [-0.4, -0.2) is 5.11 Å². The zero-order valence-electron chi connectivity index (χ0n) is 10.3. The van der Waals surface area contributed by atoms with Gasteiger partial charge in [0.2, 0.25) is 0 Å². The van der Waals surface area contributed by atoms with E-state index < -0.39 is 11.9 Å². The molecular weight excluding hydrogens is 331 g/mol. The fourth-order valence-electron chi connectivity index (χ4n) is 1.99. The van der Waals surface area contributed by atoms with E-state index in [0.717, 1.165) is 15.6 Å². The van der Waals surface area contributed by atoms with Gasteiger partial charge in [0, 0.05) is 10.9 Å². The lowest BCUT2D eigenvalue weighted by Crippen LogP contribution is -2.05. The van der Waals surface area contributed by atoms with Crippen molar-refractivity contribution >= 4 is 27.5 Å². The second kappa shape index (κ2) is 6.04. The summed E-state index contributed by atoms with van der Waals surface area (Å²) in [5.41, 5.74) is 2.41. The SMILES string of the molecule is Cc1ccc(Br)cc1C(O)Cc1cccc(F)c1Cl. The Morgan fingerprint density at radius 2 is 2.05 bits per heavy atom. The summed E-state index contributed by atoms with van der Waals surface area (Å²) >= 11 is 9.28. The summed E-state index contributed by atoms with van der Waals surface area (Å²) in [4.78, 5) is 0. The van der Waals surface area contributed by atoms with Crippen molar-refractivity contribution in [3.8, 4) is 0 Å². The van der Waals surface area contributed by atoms with Crippen molar-refractivity contribution < 1.29 is 9.50 Å². The molecule has 2 aromatic rings. The Bertz CT molecular complexity index is 601. The van der Waals surface area contributed by atoms with Crippen LogP contribution in [0.5, 0.6) is 0 Å². The van der Waals surface area contributed by atoms with Crippen LogP contribution >= 0.6 is 27.5 Å². The number of halogens is 3. The summed E-state index contributed by atoms with van der Waals surface area (Å²) in [6, 6.07) is 10.3. The van der Waals surface area contributed by atoms with E-state index in [1.807, 2.05) is 25.1 Å². The minimum atomic E-state index is -0.711. The highest BCUT2D eigenvalue weighted by Gasteiger charge is 2.15. The Balaban J connectivity index is 2.28. The van der Waals surface area contributed by atoms with Crippen LogP contribution in [0.25, 0.3) is 0 Å². The van der Waals surface area contributed by atoms with E-state index in [9.17, 15) is 9.50 Å². The number of benzene rings is 2. The van der Waals surface area contributed by atoms with E-state index in [1.165, 1.54) is 6.07 Å². The van der Waals surface area contributed by atoms with Crippen LogP contribution in [-0.2, 0) is 6.42 Å². The molecule has 0 saturated carbocycles. The van der Waals surface area contributed by atoms with Crippen LogP contribution in [0.1, 0.15) is 22.8 Å². The molecule has 1 unspecified atom stereocenters. The average molecular weight is 344 g/mol. The first kappa shape index (κ1) is 14.5. The third kappa shape index (κ3) is 3.35. The number of aliphatic hydroxyl groups is 1. The van der Waals surface area contributed by atoms with Crippen molar-refractivity contribution in [2.45, 2.75) is 19.4 Å². The molecule has 0 bridgehead atoms. The Morgan fingerprint density at radius 1 is 1.32 bits per heavy atom. The smallest absolute Gasteiger partial charge is 0.142 e. The minimum Gasteiger partial charge on any atom is -0.388 e. The molecule has 0 amide bonds. The number of hydrogen-bond donors (Lipinski definition) is 1. The van der Waals surface area contributed by atoms with Gasteiger partial charge in [-0.2, -0.15) is 0 Å². The van der Waals surface area contributed by atoms with Gasteiger partial charge in [-0.25, -0.2) is 4.39 Å². The molecule has 0 aliphatic rings. The molecule has 2 aromatic carbocycles. The molecule has 0 aromatic heterocycles. The van der Waals surface area contributed by atoms with Crippen molar-refractivity contribution in [2.24, 2.45) is 0 Å². The number of aliphatic hydroxyl groups excluding tert-OH is 1. The quantitative estimate of drug-likeness (QED) is 0.846. The van der Waals surface area contributed by atoms with E-state index >= 15 is 0 Å². The van der Waals surface area contributed by atoms with Crippen LogP contribution in [0, 0.1) is 12.7 Å². The third-order valence-electron chi connectivity index (χ3n) is 3.05. The standard InChI is InChI=1S/C15H13BrClFO/c1-9-5-6-11(16)8-12(9)14(19)7-10-3-2-4-13(18)15(10)17/h2-6,8,14,19H,7H2,1H3. The van der Waals surface area contributed by atoms with Crippen molar-refractivity contribution in [3.63, 3.8) is 0 Å². The first-order valence-electron chi connectivity index (χ1n) is 5.86. The molecule has 0 aliphatic heterocycles. The van der Waals surface area contributed by atoms with Crippen LogP contribution in [0.15, 0.2) is 40.9 Å². The lowest BCUT2D eigenvalue weighted by atomic mass is 9.98. The van der Waals surface area contributed by atoms with Crippen molar-refractivity contribution in [1.82, 2.24) is 0 Å². The molecule has 1 atom stereocenters. The molecule has 2 rings (SSSR count). The van der Waals surface area contributed by atoms with Crippen LogP contribution in [0.3, 0.4) is 0 Å². The number of aryl methyl sites for hydroxylation is 1. The molecule has 0 heterocycles. The second-order valence-electron chi connectivity index (χ2n) is 4.43. The van der Waals surface area contributed by atoms with E-state index in [2.05, 4.69) is 15.9 Å². The average Bonchev–Trinajstić information content (AvgIpc) is 2.38. The van der Waals surface area contributed by atoms with Gasteiger partial charge in [0.15, 0.2) is 0 Å². The molecule has 1 N–H and O–H groups in total. The molecule has 19 heavy (non-hydrogen) atoms. The molecule has 0 fully saturated rings. The maximum Gasteiger partial charge on any atom is 0.142 e. The van der Waals surface area contributed by atoms with Gasteiger partial charge in [-0.3, -0.25) is 0 Å². The Hall–Kier alpha value is -0.900. The van der Waals surface area contributed by atoms with Gasteiger partial charge in [0.25, 0.3) is 0 Å². The monoisotopic (exact) mass is 342 g/mol. The van der Waals surface area contributed by atoms with Gasteiger partial charge in [-0.1, -0.05) is 45.7 Å². The molecule has 0 spiro atoms. The van der Waals surface area contributed by atoms with E-state index in [4.69, 9.17) is 11.6 Å². The first-order valence-corrected chi connectivity index (χ1v) is 7.03. The van der Waals surface area contributed by atoms with Crippen molar-refractivity contribution in [3.05, 3.63) is 68.4 Å². The van der Waals surface area contributed by atoms with Gasteiger partial charge >= 0.3 is 0 Å². The molecular formula is C15H13BrClFO. The van der Waals surface area contributed by atoms with E-state index in [0.29, 0.717) is 5.56 Å². The van der Waals surface area contributed by atoms with E-state index in [-0.39, 0.29) is 11.4 Å². The molecule has 0 saturated heterocycles. The summed E-state index contributed by atoms with van der Waals surface area (Å²) in [6.07, 6.45) is -0.426. The zero-order valence-corrected chi connectivity index (χ0v) is 12.7. The Labute approximate surface area is 125 Å². The first-order chi connectivity index (χ1) is 8.99. The third-order valence-corrected chi connectivity index (χ3v) is 3.96. The molecule has 0 aliphatic carbocycles. The number of hydrogen-bond acceptors (Lipinski definition) is 1.